The first-order valence-electron chi connectivity index (χ1n) is 9.22. The Labute approximate surface area is 173 Å². The molecule has 5 nitrogen and oxygen atoms in total. The van der Waals surface area contributed by atoms with Crippen LogP contribution in [0.15, 0.2) is 67.0 Å². The van der Waals surface area contributed by atoms with E-state index in [0.29, 0.717) is 28.4 Å². The number of aryl methyl sites for hydroxylation is 1. The third kappa shape index (κ3) is 3.43. The molecule has 1 atom stereocenters. The van der Waals surface area contributed by atoms with Crippen LogP contribution in [0.2, 0.25) is 5.02 Å². The SMILES string of the molecule is Cc1ccccc1CN1C(=O)[C@](O)(CC(=O)c2cccnc2)c2cc(Cl)ccc21. The number of pyridine rings is 1. The van der Waals surface area contributed by atoms with Crippen molar-refractivity contribution in [3.63, 3.8) is 0 Å². The summed E-state index contributed by atoms with van der Waals surface area (Å²) in [6.07, 6.45) is 2.61. The van der Waals surface area contributed by atoms with Gasteiger partial charge in [0.05, 0.1) is 18.7 Å². The van der Waals surface area contributed by atoms with Crippen molar-refractivity contribution in [1.82, 2.24) is 4.98 Å². The molecule has 3 aromatic rings. The molecule has 1 N–H and O–H groups in total. The fourth-order valence-corrected chi connectivity index (χ4v) is 3.84. The average molecular weight is 407 g/mol. The number of hydrogen-bond donors (Lipinski definition) is 1. The highest BCUT2D eigenvalue weighted by molar-refractivity contribution is 6.31. The normalized spacial score (nSPS) is 18.0. The van der Waals surface area contributed by atoms with Crippen molar-refractivity contribution >= 4 is 29.0 Å². The lowest BCUT2D eigenvalue weighted by molar-refractivity contribution is -0.136. The zero-order valence-corrected chi connectivity index (χ0v) is 16.6. The summed E-state index contributed by atoms with van der Waals surface area (Å²) in [6.45, 7) is 2.26. The number of anilines is 1. The van der Waals surface area contributed by atoms with Crippen LogP contribution in [0.3, 0.4) is 0 Å². The van der Waals surface area contributed by atoms with Crippen molar-refractivity contribution in [3.8, 4) is 0 Å². The Bertz CT molecular complexity index is 1100. The molecule has 2 heterocycles. The number of fused-ring (bicyclic) bond motifs is 1. The van der Waals surface area contributed by atoms with Gasteiger partial charge in [0.1, 0.15) is 0 Å². The summed E-state index contributed by atoms with van der Waals surface area (Å²) in [5.41, 5.74) is 1.28. The second kappa shape index (κ2) is 7.43. The van der Waals surface area contributed by atoms with Gasteiger partial charge in [0.2, 0.25) is 0 Å². The van der Waals surface area contributed by atoms with Gasteiger partial charge in [-0.05, 0) is 48.4 Å². The number of halogens is 1. The lowest BCUT2D eigenvalue weighted by Crippen LogP contribution is -2.41. The van der Waals surface area contributed by atoms with E-state index in [4.69, 9.17) is 11.6 Å². The zero-order chi connectivity index (χ0) is 20.6. The minimum Gasteiger partial charge on any atom is -0.375 e. The van der Waals surface area contributed by atoms with Crippen LogP contribution in [0.1, 0.15) is 33.5 Å². The quantitative estimate of drug-likeness (QED) is 0.649. The van der Waals surface area contributed by atoms with Gasteiger partial charge in [-0.2, -0.15) is 0 Å². The van der Waals surface area contributed by atoms with Crippen molar-refractivity contribution in [1.29, 1.82) is 0 Å². The van der Waals surface area contributed by atoms with Gasteiger partial charge >= 0.3 is 0 Å². The second-order valence-corrected chi connectivity index (χ2v) is 7.62. The zero-order valence-electron chi connectivity index (χ0n) is 15.8. The van der Waals surface area contributed by atoms with Crippen LogP contribution in [0, 0.1) is 6.92 Å². The van der Waals surface area contributed by atoms with E-state index in [1.165, 1.54) is 11.1 Å². The molecular weight excluding hydrogens is 388 g/mol. The maximum absolute atomic E-state index is 13.3. The minimum absolute atomic E-state index is 0.295. The summed E-state index contributed by atoms with van der Waals surface area (Å²) in [6, 6.07) is 15.9. The van der Waals surface area contributed by atoms with E-state index in [1.54, 1.807) is 36.5 Å². The van der Waals surface area contributed by atoms with E-state index in [0.717, 1.165) is 11.1 Å². The first-order chi connectivity index (χ1) is 13.9. The summed E-state index contributed by atoms with van der Waals surface area (Å²) in [5, 5.41) is 11.8. The van der Waals surface area contributed by atoms with E-state index < -0.39 is 11.5 Å². The van der Waals surface area contributed by atoms with E-state index in [1.807, 2.05) is 31.2 Å². The van der Waals surface area contributed by atoms with Crippen LogP contribution in [-0.2, 0) is 16.9 Å². The van der Waals surface area contributed by atoms with Crippen LogP contribution in [0.4, 0.5) is 5.69 Å². The first-order valence-corrected chi connectivity index (χ1v) is 9.60. The number of aromatic nitrogens is 1. The van der Waals surface area contributed by atoms with Gasteiger partial charge < -0.3 is 10.0 Å². The standard InChI is InChI=1S/C23H19ClN2O3/c1-15-5-2-3-6-17(15)14-26-20-9-8-18(24)11-19(20)23(29,22(26)28)12-21(27)16-7-4-10-25-13-16/h2-11,13,29H,12,14H2,1H3/t23-/m0/s1. The fourth-order valence-electron chi connectivity index (χ4n) is 3.67. The topological polar surface area (TPSA) is 70.5 Å². The summed E-state index contributed by atoms with van der Waals surface area (Å²) in [7, 11) is 0. The van der Waals surface area contributed by atoms with Crippen LogP contribution < -0.4 is 4.90 Å². The highest BCUT2D eigenvalue weighted by Crippen LogP contribution is 2.44. The summed E-state index contributed by atoms with van der Waals surface area (Å²) in [5.74, 6) is -0.895. The molecule has 1 aliphatic rings. The van der Waals surface area contributed by atoms with Crippen molar-refractivity contribution in [2.75, 3.05) is 4.90 Å². The molecular formula is C23H19ClN2O3. The largest absolute Gasteiger partial charge is 0.375 e. The third-order valence-electron chi connectivity index (χ3n) is 5.28. The van der Waals surface area contributed by atoms with Crippen LogP contribution >= 0.6 is 11.6 Å². The number of carbonyl (C=O) groups excluding carboxylic acids is 2. The van der Waals surface area contributed by atoms with Crippen LogP contribution in [-0.4, -0.2) is 21.8 Å². The first kappa shape index (κ1) is 19.3. The van der Waals surface area contributed by atoms with Gasteiger partial charge in [-0.1, -0.05) is 35.9 Å². The maximum atomic E-state index is 13.3. The number of amides is 1. The molecule has 1 amide bonds. The average Bonchev–Trinajstić information content (AvgIpc) is 2.92. The lowest BCUT2D eigenvalue weighted by atomic mass is 9.88. The smallest absolute Gasteiger partial charge is 0.264 e. The number of nitrogens with zero attached hydrogens (tertiary/aromatic N) is 2. The number of hydrogen-bond acceptors (Lipinski definition) is 4. The van der Waals surface area contributed by atoms with E-state index >= 15 is 0 Å². The van der Waals surface area contributed by atoms with E-state index in [9.17, 15) is 14.7 Å². The molecule has 0 spiro atoms. The Balaban J connectivity index is 1.73. The Hall–Kier alpha value is -3.02. The molecule has 2 aromatic carbocycles. The van der Waals surface area contributed by atoms with Crippen molar-refractivity contribution in [2.45, 2.75) is 25.5 Å². The minimum atomic E-state index is -1.98. The number of aliphatic hydroxyl groups is 1. The molecule has 1 aromatic heterocycles. The number of rotatable bonds is 5. The summed E-state index contributed by atoms with van der Waals surface area (Å²) < 4.78 is 0. The van der Waals surface area contributed by atoms with Gasteiger partial charge in [0.15, 0.2) is 11.4 Å². The van der Waals surface area contributed by atoms with Gasteiger partial charge in [0, 0.05) is 28.5 Å². The van der Waals surface area contributed by atoms with Crippen molar-refractivity contribution < 1.29 is 14.7 Å². The lowest BCUT2D eigenvalue weighted by Gasteiger charge is -2.23. The summed E-state index contributed by atoms with van der Waals surface area (Å²) in [4.78, 5) is 31.6. The monoisotopic (exact) mass is 406 g/mol. The Morgan fingerprint density at radius 2 is 1.97 bits per heavy atom. The van der Waals surface area contributed by atoms with Gasteiger partial charge in [-0.3, -0.25) is 14.6 Å². The number of Topliss-reactive ketones (excluding diaryl/α,β-unsaturated/α-hetero) is 1. The fraction of sp³-hybridized carbons (Fsp3) is 0.174. The van der Waals surface area contributed by atoms with Crippen molar-refractivity contribution in [3.05, 3.63) is 94.3 Å². The molecule has 0 unspecified atom stereocenters. The molecule has 0 saturated heterocycles. The molecule has 0 radical (unpaired) electrons. The van der Waals surface area contributed by atoms with Crippen molar-refractivity contribution in [2.24, 2.45) is 0 Å². The van der Waals surface area contributed by atoms with Gasteiger partial charge in [-0.25, -0.2) is 0 Å². The molecule has 0 bridgehead atoms. The van der Waals surface area contributed by atoms with E-state index in [2.05, 4.69) is 4.98 Å². The van der Waals surface area contributed by atoms with Gasteiger partial charge in [0.25, 0.3) is 5.91 Å². The molecule has 4 rings (SSSR count). The number of carbonyl (C=O) groups is 2. The van der Waals surface area contributed by atoms with Gasteiger partial charge in [-0.15, -0.1) is 0 Å². The Morgan fingerprint density at radius 3 is 2.69 bits per heavy atom. The molecule has 0 saturated carbocycles. The molecule has 146 valence electrons. The molecule has 6 heteroatoms. The highest BCUT2D eigenvalue weighted by Gasteiger charge is 2.51. The highest BCUT2D eigenvalue weighted by atomic mass is 35.5. The Morgan fingerprint density at radius 1 is 1.17 bits per heavy atom. The number of ketones is 1. The predicted molar refractivity (Wildman–Crippen MR) is 111 cm³/mol. The van der Waals surface area contributed by atoms with Crippen LogP contribution in [0.5, 0.6) is 0 Å². The molecule has 1 aliphatic heterocycles. The third-order valence-corrected chi connectivity index (χ3v) is 5.52. The Kier molecular flexibility index (Phi) is 4.94. The van der Waals surface area contributed by atoms with Crippen LogP contribution in [0.25, 0.3) is 0 Å². The second-order valence-electron chi connectivity index (χ2n) is 7.18. The molecule has 29 heavy (non-hydrogen) atoms. The predicted octanol–water partition coefficient (Wildman–Crippen LogP) is 4.05. The maximum Gasteiger partial charge on any atom is 0.264 e. The molecule has 0 fully saturated rings. The molecule has 0 aliphatic carbocycles. The van der Waals surface area contributed by atoms with E-state index in [-0.39, 0.29) is 12.2 Å². The number of benzene rings is 2. The summed E-state index contributed by atoms with van der Waals surface area (Å²) >= 11 is 6.15.